The first-order valence-corrected chi connectivity index (χ1v) is 10.3. The number of carbonyl (C=O) groups is 1. The Morgan fingerprint density at radius 2 is 1.68 bits per heavy atom. The van der Waals surface area contributed by atoms with Crippen molar-refractivity contribution in [2.24, 2.45) is 0 Å². The maximum Gasteiger partial charge on any atom is 0.315 e. The molecule has 3 rings (SSSR count). The summed E-state index contributed by atoms with van der Waals surface area (Å²) < 4.78 is 37.6. The monoisotopic (exact) mass is 405 g/mol. The van der Waals surface area contributed by atoms with Crippen LogP contribution >= 0.6 is 0 Å². The minimum absolute atomic E-state index is 0.168. The van der Waals surface area contributed by atoms with Gasteiger partial charge in [0.2, 0.25) is 16.8 Å². The molecule has 150 valence electrons. The van der Waals surface area contributed by atoms with E-state index >= 15 is 0 Å². The van der Waals surface area contributed by atoms with Gasteiger partial charge in [-0.1, -0.05) is 18.2 Å². The fourth-order valence-corrected chi connectivity index (χ4v) is 4.00. The quantitative estimate of drug-likeness (QED) is 0.654. The molecular formula is C19H23N3O5S. The van der Waals surface area contributed by atoms with E-state index in [0.29, 0.717) is 23.6 Å². The third kappa shape index (κ3) is 5.14. The summed E-state index contributed by atoms with van der Waals surface area (Å²) in [6.45, 7) is 4.25. The molecule has 1 heterocycles. The van der Waals surface area contributed by atoms with E-state index < -0.39 is 10.0 Å². The predicted molar refractivity (Wildman–Crippen MR) is 104 cm³/mol. The molecule has 0 bridgehead atoms. The molecule has 0 unspecified atom stereocenters. The van der Waals surface area contributed by atoms with Gasteiger partial charge in [-0.15, -0.1) is 0 Å². The van der Waals surface area contributed by atoms with Crippen LogP contribution in [0, 0.1) is 0 Å². The number of sulfonamides is 1. The topological polar surface area (TPSA) is 106 Å². The number of hydrogen-bond acceptors (Lipinski definition) is 5. The molecule has 0 fully saturated rings. The smallest absolute Gasteiger partial charge is 0.315 e. The summed E-state index contributed by atoms with van der Waals surface area (Å²) in [7, 11) is -3.57. The summed E-state index contributed by atoms with van der Waals surface area (Å²) in [5.41, 5.74) is 1.57. The summed E-state index contributed by atoms with van der Waals surface area (Å²) in [5, 5.41) is 5.47. The Kier molecular flexibility index (Phi) is 6.05. The van der Waals surface area contributed by atoms with Crippen molar-refractivity contribution in [3.63, 3.8) is 0 Å². The van der Waals surface area contributed by atoms with E-state index in [9.17, 15) is 13.2 Å². The van der Waals surface area contributed by atoms with Crippen LogP contribution in [0.4, 0.5) is 4.79 Å². The van der Waals surface area contributed by atoms with Crippen LogP contribution in [0.15, 0.2) is 47.4 Å². The Labute approximate surface area is 164 Å². The molecule has 0 aliphatic carbocycles. The van der Waals surface area contributed by atoms with Crippen LogP contribution in [-0.2, 0) is 23.1 Å². The van der Waals surface area contributed by atoms with Crippen molar-refractivity contribution < 1.29 is 22.7 Å². The standard InChI is InChI=1S/C19H23N3O5S/c1-13(2)22-28(24,25)16-5-3-4-14(8-16)10-20-19(23)21-11-15-6-7-17-18(9-15)27-12-26-17/h3-9,13,22H,10-12H2,1-2H3,(H2,20,21,23). The number of rotatable bonds is 7. The van der Waals surface area contributed by atoms with Gasteiger partial charge in [-0.05, 0) is 49.2 Å². The van der Waals surface area contributed by atoms with Gasteiger partial charge >= 0.3 is 6.03 Å². The van der Waals surface area contributed by atoms with Crippen LogP contribution in [0.2, 0.25) is 0 Å². The first-order chi connectivity index (χ1) is 13.3. The fraction of sp³-hybridized carbons (Fsp3) is 0.316. The number of ether oxygens (including phenoxy) is 2. The van der Waals surface area contributed by atoms with E-state index in [0.717, 1.165) is 5.56 Å². The fourth-order valence-electron chi connectivity index (χ4n) is 2.68. The molecule has 0 saturated carbocycles. The lowest BCUT2D eigenvalue weighted by Gasteiger charge is -2.11. The van der Waals surface area contributed by atoms with Crippen LogP contribution in [0.5, 0.6) is 11.5 Å². The number of urea groups is 1. The summed E-state index contributed by atoms with van der Waals surface area (Å²) in [5.74, 6) is 1.35. The third-order valence-corrected chi connectivity index (χ3v) is 5.60. The van der Waals surface area contributed by atoms with Gasteiger partial charge in [-0.2, -0.15) is 0 Å². The van der Waals surface area contributed by atoms with Gasteiger partial charge in [0.1, 0.15) is 0 Å². The molecule has 0 atom stereocenters. The van der Waals surface area contributed by atoms with Crippen molar-refractivity contribution in [2.45, 2.75) is 37.9 Å². The molecule has 0 radical (unpaired) electrons. The molecule has 1 aliphatic heterocycles. The number of amides is 2. The highest BCUT2D eigenvalue weighted by molar-refractivity contribution is 7.89. The molecule has 3 N–H and O–H groups in total. The van der Waals surface area contributed by atoms with Crippen molar-refractivity contribution in [3.05, 3.63) is 53.6 Å². The van der Waals surface area contributed by atoms with Crippen LogP contribution < -0.4 is 24.8 Å². The SMILES string of the molecule is CC(C)NS(=O)(=O)c1cccc(CNC(=O)NCc2ccc3c(c2)OCO3)c1. The average molecular weight is 405 g/mol. The van der Waals surface area contributed by atoms with Gasteiger partial charge in [0.25, 0.3) is 0 Å². The number of fused-ring (bicyclic) bond motifs is 1. The molecular weight excluding hydrogens is 382 g/mol. The minimum atomic E-state index is -3.57. The number of nitrogens with one attached hydrogen (secondary N) is 3. The number of benzene rings is 2. The second-order valence-electron chi connectivity index (χ2n) is 6.65. The summed E-state index contributed by atoms with van der Waals surface area (Å²) in [6.07, 6.45) is 0. The largest absolute Gasteiger partial charge is 0.454 e. The molecule has 8 nitrogen and oxygen atoms in total. The Morgan fingerprint density at radius 3 is 2.39 bits per heavy atom. The highest BCUT2D eigenvalue weighted by Crippen LogP contribution is 2.32. The molecule has 1 aliphatic rings. The van der Waals surface area contributed by atoms with Gasteiger partial charge in [0.05, 0.1) is 4.90 Å². The van der Waals surface area contributed by atoms with Crippen LogP contribution in [0.3, 0.4) is 0 Å². The summed E-state index contributed by atoms with van der Waals surface area (Å²) >= 11 is 0. The summed E-state index contributed by atoms with van der Waals surface area (Å²) in [6, 6.07) is 11.4. The Hall–Kier alpha value is -2.78. The van der Waals surface area contributed by atoms with Crippen molar-refractivity contribution in [2.75, 3.05) is 6.79 Å². The first kappa shape index (κ1) is 20.0. The zero-order valence-electron chi connectivity index (χ0n) is 15.7. The Morgan fingerprint density at radius 1 is 1.00 bits per heavy atom. The zero-order valence-corrected chi connectivity index (χ0v) is 16.5. The maximum atomic E-state index is 12.2. The molecule has 2 aromatic rings. The molecule has 2 aromatic carbocycles. The number of hydrogen-bond donors (Lipinski definition) is 3. The first-order valence-electron chi connectivity index (χ1n) is 8.85. The van der Waals surface area contributed by atoms with E-state index in [-0.39, 0.29) is 30.3 Å². The molecule has 0 aromatic heterocycles. The molecule has 28 heavy (non-hydrogen) atoms. The second-order valence-corrected chi connectivity index (χ2v) is 8.36. The second kappa shape index (κ2) is 8.49. The lowest BCUT2D eigenvalue weighted by atomic mass is 10.2. The Bertz CT molecular complexity index is 960. The van der Waals surface area contributed by atoms with Crippen molar-refractivity contribution >= 4 is 16.1 Å². The maximum absolute atomic E-state index is 12.2. The van der Waals surface area contributed by atoms with Crippen LogP contribution in [0.25, 0.3) is 0 Å². The van der Waals surface area contributed by atoms with Crippen molar-refractivity contribution in [3.8, 4) is 11.5 Å². The molecule has 9 heteroatoms. The van der Waals surface area contributed by atoms with E-state index in [4.69, 9.17) is 9.47 Å². The number of carbonyl (C=O) groups excluding carboxylic acids is 1. The molecule has 0 spiro atoms. The zero-order chi connectivity index (χ0) is 20.1. The van der Waals surface area contributed by atoms with Gasteiger partial charge in [0.15, 0.2) is 11.5 Å². The van der Waals surface area contributed by atoms with Gasteiger partial charge in [0, 0.05) is 19.1 Å². The lowest BCUT2D eigenvalue weighted by molar-refractivity contribution is 0.174. The van der Waals surface area contributed by atoms with Crippen LogP contribution in [0.1, 0.15) is 25.0 Å². The third-order valence-electron chi connectivity index (χ3n) is 3.94. The van der Waals surface area contributed by atoms with Crippen molar-refractivity contribution in [1.29, 1.82) is 0 Å². The lowest BCUT2D eigenvalue weighted by Crippen LogP contribution is -2.34. The van der Waals surface area contributed by atoms with E-state index in [1.54, 1.807) is 38.1 Å². The summed E-state index contributed by atoms with van der Waals surface area (Å²) in [4.78, 5) is 12.2. The van der Waals surface area contributed by atoms with Crippen LogP contribution in [-0.4, -0.2) is 27.3 Å². The van der Waals surface area contributed by atoms with Crippen molar-refractivity contribution in [1.82, 2.24) is 15.4 Å². The highest BCUT2D eigenvalue weighted by Gasteiger charge is 2.16. The van der Waals surface area contributed by atoms with E-state index in [1.165, 1.54) is 6.07 Å². The molecule has 2 amide bonds. The average Bonchev–Trinajstić information content (AvgIpc) is 3.12. The van der Waals surface area contributed by atoms with Gasteiger partial charge in [-0.25, -0.2) is 17.9 Å². The van der Waals surface area contributed by atoms with Gasteiger partial charge in [-0.3, -0.25) is 0 Å². The normalized spacial score (nSPS) is 12.8. The predicted octanol–water partition coefficient (Wildman–Crippen LogP) is 2.10. The minimum Gasteiger partial charge on any atom is -0.454 e. The Balaban J connectivity index is 1.52. The van der Waals surface area contributed by atoms with E-state index in [1.807, 2.05) is 12.1 Å². The highest BCUT2D eigenvalue weighted by atomic mass is 32.2. The van der Waals surface area contributed by atoms with E-state index in [2.05, 4.69) is 15.4 Å². The molecule has 0 saturated heterocycles. The van der Waals surface area contributed by atoms with Gasteiger partial charge < -0.3 is 20.1 Å².